The van der Waals surface area contributed by atoms with Crippen molar-refractivity contribution in [3.8, 4) is 5.75 Å². The number of sulfone groups is 1. The van der Waals surface area contributed by atoms with Crippen molar-refractivity contribution in [3.63, 3.8) is 0 Å². The number of hydrogen-bond acceptors (Lipinski definition) is 6. The molecule has 6 nitrogen and oxygen atoms in total. The summed E-state index contributed by atoms with van der Waals surface area (Å²) in [5, 5.41) is 3.02. The number of ether oxygens (including phenoxy) is 1. The van der Waals surface area contributed by atoms with Gasteiger partial charge in [-0.15, -0.1) is 0 Å². The molecule has 0 radical (unpaired) electrons. The van der Waals surface area contributed by atoms with Crippen LogP contribution in [0.15, 0.2) is 68.9 Å². The molecule has 0 bridgehead atoms. The lowest BCUT2D eigenvalue weighted by Gasteiger charge is -2.07. The lowest BCUT2D eigenvalue weighted by molar-refractivity contribution is 0.340. The van der Waals surface area contributed by atoms with E-state index < -0.39 is 9.84 Å². The Balaban J connectivity index is 1.91. The van der Waals surface area contributed by atoms with E-state index in [1.807, 2.05) is 37.3 Å². The molecule has 1 N–H and O–H groups in total. The average Bonchev–Trinajstić information content (AvgIpc) is 3.16. The number of anilines is 1. The lowest BCUT2D eigenvalue weighted by Crippen LogP contribution is -2.07. The fraction of sp³-hybridized carbons (Fsp3) is 0.318. The van der Waals surface area contributed by atoms with Crippen molar-refractivity contribution < 1.29 is 17.6 Å². The van der Waals surface area contributed by atoms with Crippen molar-refractivity contribution in [2.24, 2.45) is 0 Å². The highest BCUT2D eigenvalue weighted by Crippen LogP contribution is 2.30. The van der Waals surface area contributed by atoms with Crippen molar-refractivity contribution in [2.75, 3.05) is 11.9 Å². The lowest BCUT2D eigenvalue weighted by atomic mass is 10.2. The molecule has 0 aliphatic carbocycles. The molecular formula is C22H26N2O4S. The fourth-order valence-corrected chi connectivity index (χ4v) is 4.15. The average molecular weight is 415 g/mol. The van der Waals surface area contributed by atoms with Crippen molar-refractivity contribution in [1.82, 2.24) is 4.98 Å². The Morgan fingerprint density at radius 2 is 1.76 bits per heavy atom. The van der Waals surface area contributed by atoms with Gasteiger partial charge in [0.1, 0.15) is 5.75 Å². The molecule has 0 aliphatic heterocycles. The number of nitrogens with zero attached hydrogens (tertiary/aromatic N) is 1. The molecule has 0 spiro atoms. The van der Waals surface area contributed by atoms with E-state index in [0.29, 0.717) is 31.2 Å². The summed E-state index contributed by atoms with van der Waals surface area (Å²) >= 11 is 0. The van der Waals surface area contributed by atoms with Gasteiger partial charge in [0.2, 0.25) is 20.7 Å². The zero-order valence-electron chi connectivity index (χ0n) is 16.7. The van der Waals surface area contributed by atoms with Gasteiger partial charge in [0.15, 0.2) is 5.89 Å². The number of rotatable bonds is 10. The maximum atomic E-state index is 13.2. The first-order valence-electron chi connectivity index (χ1n) is 9.80. The molecule has 0 unspecified atom stereocenters. The van der Waals surface area contributed by atoms with Gasteiger partial charge in [-0.05, 0) is 43.2 Å². The van der Waals surface area contributed by atoms with Crippen molar-refractivity contribution in [2.45, 2.75) is 49.6 Å². The summed E-state index contributed by atoms with van der Waals surface area (Å²) in [4.78, 5) is 4.47. The van der Waals surface area contributed by atoms with Crippen molar-refractivity contribution >= 4 is 15.7 Å². The largest absolute Gasteiger partial charge is 0.494 e. The van der Waals surface area contributed by atoms with E-state index in [0.717, 1.165) is 18.4 Å². The van der Waals surface area contributed by atoms with Crippen LogP contribution in [0.25, 0.3) is 0 Å². The van der Waals surface area contributed by atoms with Gasteiger partial charge in [0, 0.05) is 13.0 Å². The Morgan fingerprint density at radius 1 is 1.03 bits per heavy atom. The molecule has 0 saturated carbocycles. The molecule has 7 heteroatoms. The molecule has 2 aromatic carbocycles. The molecule has 29 heavy (non-hydrogen) atoms. The first kappa shape index (κ1) is 20.9. The Labute approximate surface area is 171 Å². The first-order chi connectivity index (χ1) is 14.0. The third-order valence-electron chi connectivity index (χ3n) is 4.38. The number of hydrogen-bond donors (Lipinski definition) is 1. The third-order valence-corrected chi connectivity index (χ3v) is 6.06. The van der Waals surface area contributed by atoms with E-state index in [9.17, 15) is 8.42 Å². The Morgan fingerprint density at radius 3 is 2.41 bits per heavy atom. The molecule has 0 aliphatic rings. The van der Waals surface area contributed by atoms with Gasteiger partial charge in [-0.3, -0.25) is 0 Å². The normalized spacial score (nSPS) is 11.4. The highest BCUT2D eigenvalue weighted by Gasteiger charge is 2.28. The maximum Gasteiger partial charge on any atom is 0.233 e. The minimum Gasteiger partial charge on any atom is -0.494 e. The molecule has 0 amide bonds. The Kier molecular flexibility index (Phi) is 6.93. The summed E-state index contributed by atoms with van der Waals surface area (Å²) < 4.78 is 37.6. The summed E-state index contributed by atoms with van der Waals surface area (Å²) in [5.41, 5.74) is 1.02. The van der Waals surface area contributed by atoms with Crippen LogP contribution in [0.1, 0.15) is 38.1 Å². The van der Waals surface area contributed by atoms with E-state index >= 15 is 0 Å². The van der Waals surface area contributed by atoms with Gasteiger partial charge in [0.25, 0.3) is 0 Å². The van der Waals surface area contributed by atoms with Gasteiger partial charge in [0.05, 0.1) is 11.5 Å². The van der Waals surface area contributed by atoms with Crippen LogP contribution in [0.3, 0.4) is 0 Å². The van der Waals surface area contributed by atoms with Crippen LogP contribution in [0.4, 0.5) is 5.88 Å². The Hall–Kier alpha value is -2.80. The standard InChI is InChI=1S/C22H26N2O4S/c1-3-5-11-20-24-22(21(28-20)23-16-17-9-7-6-8-10-17)29(25,26)19-14-12-18(13-15-19)27-4-2/h6-10,12-15,23H,3-5,11,16H2,1-2H3. The number of benzene rings is 2. The summed E-state index contributed by atoms with van der Waals surface area (Å²) in [6.07, 6.45) is 2.44. The van der Waals surface area contributed by atoms with Crippen LogP contribution >= 0.6 is 0 Å². The zero-order valence-corrected chi connectivity index (χ0v) is 17.5. The number of aryl methyl sites for hydroxylation is 1. The van der Waals surface area contributed by atoms with E-state index in [4.69, 9.17) is 9.15 Å². The minimum atomic E-state index is -3.83. The molecule has 1 aromatic heterocycles. The smallest absolute Gasteiger partial charge is 0.233 e. The van der Waals surface area contributed by atoms with Crippen LogP contribution in [-0.4, -0.2) is 20.0 Å². The first-order valence-corrected chi connectivity index (χ1v) is 11.3. The van der Waals surface area contributed by atoms with E-state index in [1.165, 1.54) is 12.1 Å². The predicted octanol–water partition coefficient (Wildman–Crippen LogP) is 4.86. The number of nitrogens with one attached hydrogen (secondary N) is 1. The molecule has 0 saturated heterocycles. The van der Waals surface area contributed by atoms with E-state index in [-0.39, 0.29) is 15.8 Å². The monoisotopic (exact) mass is 414 g/mol. The molecular weight excluding hydrogens is 388 g/mol. The van der Waals surface area contributed by atoms with Gasteiger partial charge in [-0.1, -0.05) is 43.7 Å². The molecule has 3 rings (SSSR count). The molecule has 0 fully saturated rings. The van der Waals surface area contributed by atoms with Crippen LogP contribution in [0, 0.1) is 0 Å². The number of oxazole rings is 1. The second-order valence-corrected chi connectivity index (χ2v) is 8.46. The maximum absolute atomic E-state index is 13.2. The predicted molar refractivity (Wildman–Crippen MR) is 112 cm³/mol. The Bertz CT molecular complexity index is 1010. The summed E-state index contributed by atoms with van der Waals surface area (Å²) in [6.45, 7) is 4.90. The molecule has 0 atom stereocenters. The zero-order chi connectivity index (χ0) is 20.7. The van der Waals surface area contributed by atoms with E-state index in [1.54, 1.807) is 12.1 Å². The number of unbranched alkanes of at least 4 members (excludes halogenated alkanes) is 1. The third kappa shape index (κ3) is 5.17. The van der Waals surface area contributed by atoms with Gasteiger partial charge < -0.3 is 14.5 Å². The molecule has 3 aromatic rings. The summed E-state index contributed by atoms with van der Waals surface area (Å²) in [7, 11) is -3.83. The number of aromatic nitrogens is 1. The SMILES string of the molecule is CCCCc1nc(S(=O)(=O)c2ccc(OCC)cc2)c(NCc2ccccc2)o1. The fourth-order valence-electron chi connectivity index (χ4n) is 2.85. The van der Waals surface area contributed by atoms with Crippen molar-refractivity contribution in [3.05, 3.63) is 66.1 Å². The summed E-state index contributed by atoms with van der Waals surface area (Å²) in [5.74, 6) is 1.22. The summed E-state index contributed by atoms with van der Waals surface area (Å²) in [6, 6.07) is 16.1. The van der Waals surface area contributed by atoms with E-state index in [2.05, 4.69) is 17.2 Å². The van der Waals surface area contributed by atoms with Gasteiger partial charge >= 0.3 is 0 Å². The highest BCUT2D eigenvalue weighted by atomic mass is 32.2. The van der Waals surface area contributed by atoms with Crippen molar-refractivity contribution in [1.29, 1.82) is 0 Å². The molecule has 154 valence electrons. The second-order valence-electron chi connectivity index (χ2n) is 6.59. The second kappa shape index (κ2) is 9.60. The van der Waals surface area contributed by atoms with Crippen LogP contribution in [0.5, 0.6) is 5.75 Å². The van der Waals surface area contributed by atoms with Gasteiger partial charge in [-0.25, -0.2) is 8.42 Å². The topological polar surface area (TPSA) is 81.4 Å². The van der Waals surface area contributed by atoms with Crippen LogP contribution in [-0.2, 0) is 22.8 Å². The van der Waals surface area contributed by atoms with Crippen LogP contribution < -0.4 is 10.1 Å². The molecule has 1 heterocycles. The van der Waals surface area contributed by atoms with Crippen LogP contribution in [0.2, 0.25) is 0 Å². The quantitative estimate of drug-likeness (QED) is 0.510. The minimum absolute atomic E-state index is 0.0799. The highest BCUT2D eigenvalue weighted by molar-refractivity contribution is 7.91. The van der Waals surface area contributed by atoms with Gasteiger partial charge in [-0.2, -0.15) is 4.98 Å².